The second-order valence-corrected chi connectivity index (χ2v) is 5.05. The molecule has 0 heterocycles. The van der Waals surface area contributed by atoms with Crippen molar-refractivity contribution in [3.63, 3.8) is 0 Å². The Morgan fingerprint density at radius 1 is 1.24 bits per heavy atom. The third kappa shape index (κ3) is 4.29. The van der Waals surface area contributed by atoms with E-state index in [4.69, 9.17) is 22.7 Å². The van der Waals surface area contributed by atoms with Crippen LogP contribution in [0.5, 0.6) is 5.75 Å². The summed E-state index contributed by atoms with van der Waals surface area (Å²) in [6.07, 6.45) is 0.535. The number of benzene rings is 2. The summed E-state index contributed by atoms with van der Waals surface area (Å²) in [6.45, 7) is 0. The van der Waals surface area contributed by atoms with Crippen molar-refractivity contribution in [1.29, 1.82) is 0 Å². The Morgan fingerprint density at radius 2 is 1.95 bits per heavy atom. The first-order valence-corrected chi connectivity index (χ1v) is 6.82. The van der Waals surface area contributed by atoms with Crippen molar-refractivity contribution in [2.75, 3.05) is 12.4 Å². The molecule has 108 valence electrons. The van der Waals surface area contributed by atoms with Crippen molar-refractivity contribution in [3.8, 4) is 5.75 Å². The number of hydrogen-bond acceptors (Lipinski definition) is 3. The maximum atomic E-state index is 12.1. The zero-order chi connectivity index (χ0) is 15.2. The van der Waals surface area contributed by atoms with Crippen LogP contribution in [-0.4, -0.2) is 18.0 Å². The summed E-state index contributed by atoms with van der Waals surface area (Å²) >= 11 is 4.86. The van der Waals surface area contributed by atoms with E-state index in [1.165, 1.54) is 0 Å². The summed E-state index contributed by atoms with van der Waals surface area (Å²) < 4.78 is 5.12. The molecule has 2 aromatic carbocycles. The van der Waals surface area contributed by atoms with E-state index in [2.05, 4.69) is 5.32 Å². The summed E-state index contributed by atoms with van der Waals surface area (Å²) in [5, 5.41) is 2.82. The van der Waals surface area contributed by atoms with Gasteiger partial charge in [-0.05, 0) is 29.8 Å². The molecule has 0 unspecified atom stereocenters. The van der Waals surface area contributed by atoms with Gasteiger partial charge in [-0.1, -0.05) is 30.4 Å². The second-order valence-electron chi connectivity index (χ2n) is 4.53. The van der Waals surface area contributed by atoms with E-state index in [-0.39, 0.29) is 5.91 Å². The first kappa shape index (κ1) is 15.0. The number of thiocarbonyl (C=S) groups is 1. The molecular weight excluding hydrogens is 284 g/mol. The summed E-state index contributed by atoms with van der Waals surface area (Å²) in [7, 11) is 1.58. The molecule has 0 bridgehead atoms. The number of nitrogens with two attached hydrogens (primary N) is 1. The average molecular weight is 300 g/mol. The number of hydrogen-bond donors (Lipinski definition) is 2. The maximum Gasteiger partial charge on any atom is 0.255 e. The fourth-order valence-corrected chi connectivity index (χ4v) is 2.05. The molecule has 0 saturated carbocycles. The zero-order valence-corrected chi connectivity index (χ0v) is 12.4. The number of carbonyl (C=O) groups excluding carboxylic acids is 1. The van der Waals surface area contributed by atoms with Crippen LogP contribution in [-0.2, 0) is 6.42 Å². The van der Waals surface area contributed by atoms with Gasteiger partial charge in [-0.15, -0.1) is 0 Å². The Balaban J connectivity index is 2.07. The van der Waals surface area contributed by atoms with E-state index in [1.54, 1.807) is 25.3 Å². The normalized spacial score (nSPS) is 9.95. The molecule has 0 aromatic heterocycles. The quantitative estimate of drug-likeness (QED) is 0.833. The molecule has 2 rings (SSSR count). The number of rotatable bonds is 5. The molecule has 0 aliphatic heterocycles. The van der Waals surface area contributed by atoms with E-state index in [1.807, 2.05) is 30.3 Å². The van der Waals surface area contributed by atoms with Crippen molar-refractivity contribution >= 4 is 28.8 Å². The Morgan fingerprint density at radius 3 is 2.57 bits per heavy atom. The van der Waals surface area contributed by atoms with E-state index >= 15 is 0 Å². The lowest BCUT2D eigenvalue weighted by atomic mass is 10.1. The fraction of sp³-hybridized carbons (Fsp3) is 0.125. The van der Waals surface area contributed by atoms with Gasteiger partial charge in [0.15, 0.2) is 0 Å². The predicted molar refractivity (Wildman–Crippen MR) is 87.9 cm³/mol. The lowest BCUT2D eigenvalue weighted by Crippen LogP contribution is -2.13. The van der Waals surface area contributed by atoms with Crippen LogP contribution >= 0.6 is 12.2 Å². The minimum Gasteiger partial charge on any atom is -0.497 e. The third-order valence-electron chi connectivity index (χ3n) is 2.92. The summed E-state index contributed by atoms with van der Waals surface area (Å²) in [5.74, 6) is 0.518. The van der Waals surface area contributed by atoms with Gasteiger partial charge < -0.3 is 15.8 Å². The Hall–Kier alpha value is -2.40. The van der Waals surface area contributed by atoms with Gasteiger partial charge >= 0.3 is 0 Å². The van der Waals surface area contributed by atoms with Crippen molar-refractivity contribution < 1.29 is 9.53 Å². The van der Waals surface area contributed by atoms with Crippen LogP contribution in [0.15, 0.2) is 48.5 Å². The molecule has 5 heteroatoms. The van der Waals surface area contributed by atoms with Gasteiger partial charge in [0, 0.05) is 23.7 Å². The lowest BCUT2D eigenvalue weighted by molar-refractivity contribution is 0.102. The fourth-order valence-electron chi connectivity index (χ4n) is 1.88. The highest BCUT2D eigenvalue weighted by Crippen LogP contribution is 2.17. The van der Waals surface area contributed by atoms with E-state index in [9.17, 15) is 4.79 Å². The number of ether oxygens (including phenoxy) is 1. The van der Waals surface area contributed by atoms with E-state index in [0.29, 0.717) is 28.4 Å². The number of anilines is 1. The molecule has 2 aromatic rings. The standard InChI is InChI=1S/C16H16N2O2S/c1-20-14-4-2-3-13(10-14)18-16(19)12-7-5-11(6-8-12)9-15(17)21/h2-8,10H,9H2,1H3,(H2,17,21)(H,18,19). The van der Waals surface area contributed by atoms with Gasteiger partial charge in [-0.25, -0.2) is 0 Å². The van der Waals surface area contributed by atoms with Crippen LogP contribution in [0, 0.1) is 0 Å². The minimum absolute atomic E-state index is 0.176. The van der Waals surface area contributed by atoms with Crippen LogP contribution in [0.25, 0.3) is 0 Å². The van der Waals surface area contributed by atoms with Gasteiger partial charge in [-0.3, -0.25) is 4.79 Å². The van der Waals surface area contributed by atoms with Crippen LogP contribution < -0.4 is 15.8 Å². The smallest absolute Gasteiger partial charge is 0.255 e. The molecule has 0 aliphatic carbocycles. The van der Waals surface area contributed by atoms with Gasteiger partial charge in [0.05, 0.1) is 12.1 Å². The Bertz CT molecular complexity index is 654. The second kappa shape index (κ2) is 6.85. The lowest BCUT2D eigenvalue weighted by Gasteiger charge is -2.07. The molecule has 0 saturated heterocycles. The van der Waals surface area contributed by atoms with E-state index < -0.39 is 0 Å². The van der Waals surface area contributed by atoms with Crippen LogP contribution in [0.2, 0.25) is 0 Å². The van der Waals surface area contributed by atoms with Crippen molar-refractivity contribution in [2.24, 2.45) is 5.73 Å². The molecule has 21 heavy (non-hydrogen) atoms. The van der Waals surface area contributed by atoms with Crippen LogP contribution in [0.4, 0.5) is 5.69 Å². The number of carbonyl (C=O) groups is 1. The zero-order valence-electron chi connectivity index (χ0n) is 11.6. The summed E-state index contributed by atoms with van der Waals surface area (Å²) in [4.78, 5) is 12.6. The minimum atomic E-state index is -0.176. The highest BCUT2D eigenvalue weighted by Gasteiger charge is 2.07. The van der Waals surface area contributed by atoms with Crippen molar-refractivity contribution in [2.45, 2.75) is 6.42 Å². The Labute approximate surface area is 128 Å². The largest absolute Gasteiger partial charge is 0.497 e. The highest BCUT2D eigenvalue weighted by atomic mass is 32.1. The molecule has 3 N–H and O–H groups in total. The summed E-state index contributed by atoms with van der Waals surface area (Å²) in [5.41, 5.74) is 7.74. The molecule has 1 amide bonds. The maximum absolute atomic E-state index is 12.1. The molecule has 4 nitrogen and oxygen atoms in total. The monoisotopic (exact) mass is 300 g/mol. The Kier molecular flexibility index (Phi) is 4.90. The third-order valence-corrected chi connectivity index (χ3v) is 3.07. The van der Waals surface area contributed by atoms with Gasteiger partial charge in [0.2, 0.25) is 0 Å². The SMILES string of the molecule is COc1cccc(NC(=O)c2ccc(CC(N)=S)cc2)c1. The molecular formula is C16H16N2O2S. The van der Waals surface area contributed by atoms with Gasteiger partial charge in [0.25, 0.3) is 5.91 Å². The van der Waals surface area contributed by atoms with Crippen molar-refractivity contribution in [3.05, 3.63) is 59.7 Å². The number of methoxy groups -OCH3 is 1. The first-order chi connectivity index (χ1) is 10.1. The molecule has 0 fully saturated rings. The molecule has 0 atom stereocenters. The topological polar surface area (TPSA) is 64.3 Å². The van der Waals surface area contributed by atoms with E-state index in [0.717, 1.165) is 5.56 Å². The first-order valence-electron chi connectivity index (χ1n) is 6.41. The van der Waals surface area contributed by atoms with Gasteiger partial charge in [-0.2, -0.15) is 0 Å². The van der Waals surface area contributed by atoms with Gasteiger partial charge in [0.1, 0.15) is 5.75 Å². The predicted octanol–water partition coefficient (Wildman–Crippen LogP) is 2.78. The van der Waals surface area contributed by atoms with Crippen LogP contribution in [0.1, 0.15) is 15.9 Å². The summed E-state index contributed by atoms with van der Waals surface area (Å²) in [6, 6.07) is 14.4. The molecule has 0 radical (unpaired) electrons. The number of nitrogens with one attached hydrogen (secondary N) is 1. The highest BCUT2D eigenvalue weighted by molar-refractivity contribution is 7.80. The molecule has 0 spiro atoms. The average Bonchev–Trinajstić information content (AvgIpc) is 2.47. The number of amides is 1. The van der Waals surface area contributed by atoms with Crippen molar-refractivity contribution in [1.82, 2.24) is 0 Å². The molecule has 0 aliphatic rings. The van der Waals surface area contributed by atoms with Crippen LogP contribution in [0.3, 0.4) is 0 Å².